The Balaban J connectivity index is 1.35. The molecule has 0 unspecified atom stereocenters. The molecule has 0 bridgehead atoms. The maximum absolute atomic E-state index is 12.9. The number of nitrogens with zero attached hydrogens (tertiary/aromatic N) is 3. The van der Waals surface area contributed by atoms with Crippen molar-refractivity contribution in [2.24, 2.45) is 5.92 Å². The average molecular weight is 549 g/mol. The predicted molar refractivity (Wildman–Crippen MR) is 135 cm³/mol. The number of sulfonamides is 1. The first-order chi connectivity index (χ1) is 17.5. The maximum atomic E-state index is 12.9. The van der Waals surface area contributed by atoms with E-state index in [1.54, 1.807) is 38.1 Å². The summed E-state index contributed by atoms with van der Waals surface area (Å²) in [6.45, 7) is 3.63. The van der Waals surface area contributed by atoms with Gasteiger partial charge in [-0.05, 0) is 75.2 Å². The molecule has 1 fully saturated rings. The lowest BCUT2D eigenvalue weighted by atomic mass is 9.97. The largest absolute Gasteiger partial charge is 0.497 e. The van der Waals surface area contributed by atoms with Crippen LogP contribution in [0.5, 0.6) is 5.75 Å². The molecule has 0 atom stereocenters. The molecule has 1 amide bonds. The van der Waals surface area contributed by atoms with Gasteiger partial charge in [-0.15, -0.1) is 5.10 Å². The van der Waals surface area contributed by atoms with Crippen molar-refractivity contribution in [3.05, 3.63) is 48.5 Å². The Labute approximate surface area is 215 Å². The van der Waals surface area contributed by atoms with Gasteiger partial charge in [0.2, 0.25) is 21.8 Å². The molecule has 1 aliphatic heterocycles. The fraction of sp³-hybridized carbons (Fsp3) is 0.375. The number of sulfone groups is 1. The first-order valence-corrected chi connectivity index (χ1v) is 14.6. The molecule has 4 rings (SSSR count). The number of anilines is 1. The molecule has 0 aliphatic carbocycles. The van der Waals surface area contributed by atoms with E-state index in [0.717, 1.165) is 0 Å². The second-order valence-corrected chi connectivity index (χ2v) is 13.3. The zero-order chi connectivity index (χ0) is 26.8. The highest BCUT2D eigenvalue weighted by atomic mass is 32.2. The van der Waals surface area contributed by atoms with E-state index in [-0.39, 0.29) is 40.7 Å². The topological polar surface area (TPSA) is 149 Å². The van der Waals surface area contributed by atoms with Crippen LogP contribution >= 0.6 is 0 Å². The number of carbonyl (C=O) groups excluding carboxylic acids is 1. The van der Waals surface area contributed by atoms with Crippen LogP contribution in [0.4, 0.5) is 6.01 Å². The van der Waals surface area contributed by atoms with Gasteiger partial charge >= 0.3 is 6.01 Å². The molecule has 0 spiro atoms. The Hall–Kier alpha value is -3.29. The summed E-state index contributed by atoms with van der Waals surface area (Å²) in [5.74, 6) is -0.0629. The van der Waals surface area contributed by atoms with Crippen molar-refractivity contribution in [3.63, 3.8) is 0 Å². The molecule has 198 valence electrons. The van der Waals surface area contributed by atoms with Crippen LogP contribution in [0.3, 0.4) is 0 Å². The van der Waals surface area contributed by atoms with E-state index in [2.05, 4.69) is 15.5 Å². The van der Waals surface area contributed by atoms with E-state index in [4.69, 9.17) is 9.15 Å². The van der Waals surface area contributed by atoms with Crippen molar-refractivity contribution in [2.45, 2.75) is 41.7 Å². The molecule has 1 saturated heterocycles. The van der Waals surface area contributed by atoms with E-state index >= 15 is 0 Å². The number of amides is 1. The standard InChI is InChI=1S/C24H28N4O7S2/c1-16(2)36(30,31)20-8-4-18(5-9-20)23-26-27-24(35-23)25-22(29)17-12-14-28(15-13-17)37(32,33)21-10-6-19(34-3)7-11-21/h4-11,16-17H,12-15H2,1-3H3,(H,25,27,29). The van der Waals surface area contributed by atoms with Crippen molar-refractivity contribution in [2.75, 3.05) is 25.5 Å². The van der Waals surface area contributed by atoms with Gasteiger partial charge in [-0.3, -0.25) is 10.1 Å². The minimum Gasteiger partial charge on any atom is -0.497 e. The molecule has 1 N–H and O–H groups in total. The smallest absolute Gasteiger partial charge is 0.322 e. The monoisotopic (exact) mass is 548 g/mol. The number of aromatic nitrogens is 2. The molecule has 0 saturated carbocycles. The number of nitrogens with one attached hydrogen (secondary N) is 1. The molecule has 11 nitrogen and oxygen atoms in total. The SMILES string of the molecule is COc1ccc(S(=O)(=O)N2CCC(C(=O)Nc3nnc(-c4ccc(S(=O)(=O)C(C)C)cc4)o3)CC2)cc1. The molecule has 0 radical (unpaired) electrons. The van der Waals surface area contributed by atoms with Crippen LogP contribution in [0.1, 0.15) is 26.7 Å². The van der Waals surface area contributed by atoms with Crippen LogP contribution in [-0.4, -0.2) is 62.7 Å². The zero-order valence-corrected chi connectivity index (χ0v) is 22.3. The molecule has 13 heteroatoms. The molecule has 3 aromatic rings. The van der Waals surface area contributed by atoms with Crippen molar-refractivity contribution in [1.82, 2.24) is 14.5 Å². The maximum Gasteiger partial charge on any atom is 0.322 e. The van der Waals surface area contributed by atoms with Crippen molar-refractivity contribution in [3.8, 4) is 17.2 Å². The molecule has 37 heavy (non-hydrogen) atoms. The van der Waals surface area contributed by atoms with Gasteiger partial charge in [0.05, 0.1) is 22.2 Å². The Morgan fingerprint density at radius 2 is 1.57 bits per heavy atom. The van der Waals surface area contributed by atoms with Crippen LogP contribution < -0.4 is 10.1 Å². The summed E-state index contributed by atoms with van der Waals surface area (Å²) in [5.41, 5.74) is 0.507. The summed E-state index contributed by atoms with van der Waals surface area (Å²) in [7, 11) is -5.56. The van der Waals surface area contributed by atoms with Gasteiger partial charge in [0.1, 0.15) is 5.75 Å². The molecular formula is C24H28N4O7S2. The molecule has 1 aliphatic rings. The summed E-state index contributed by atoms with van der Waals surface area (Å²) in [6, 6.07) is 12.2. The normalized spacial score (nSPS) is 15.6. The van der Waals surface area contributed by atoms with Gasteiger partial charge in [0.25, 0.3) is 0 Å². The highest BCUT2D eigenvalue weighted by Gasteiger charge is 2.32. The quantitative estimate of drug-likeness (QED) is 0.448. The number of carbonyl (C=O) groups is 1. The van der Waals surface area contributed by atoms with Gasteiger partial charge in [-0.25, -0.2) is 16.8 Å². The number of methoxy groups -OCH3 is 1. The number of piperidine rings is 1. The Morgan fingerprint density at radius 1 is 0.973 bits per heavy atom. The zero-order valence-electron chi connectivity index (χ0n) is 20.6. The second kappa shape index (κ2) is 10.6. The predicted octanol–water partition coefficient (Wildman–Crippen LogP) is 2.97. The lowest BCUT2D eigenvalue weighted by Crippen LogP contribution is -2.41. The molecule has 2 aromatic carbocycles. The molecular weight excluding hydrogens is 520 g/mol. The van der Waals surface area contributed by atoms with E-state index in [0.29, 0.717) is 24.2 Å². The minimum absolute atomic E-state index is 0.0906. The van der Waals surface area contributed by atoms with Crippen LogP contribution in [-0.2, 0) is 24.7 Å². The number of hydrogen-bond acceptors (Lipinski definition) is 9. The van der Waals surface area contributed by atoms with Gasteiger partial charge in [-0.1, -0.05) is 5.10 Å². The van der Waals surface area contributed by atoms with Gasteiger partial charge in [0, 0.05) is 24.6 Å². The first kappa shape index (κ1) is 26.8. The third kappa shape index (κ3) is 5.68. The highest BCUT2D eigenvalue weighted by Crippen LogP contribution is 2.27. The van der Waals surface area contributed by atoms with Gasteiger partial charge in [0.15, 0.2) is 9.84 Å². The third-order valence-corrected chi connectivity index (χ3v) is 10.3. The highest BCUT2D eigenvalue weighted by molar-refractivity contribution is 7.92. The lowest BCUT2D eigenvalue weighted by Gasteiger charge is -2.30. The number of benzene rings is 2. The van der Waals surface area contributed by atoms with Crippen molar-refractivity contribution < 1.29 is 30.8 Å². The molecule has 1 aromatic heterocycles. The van der Waals surface area contributed by atoms with Crippen molar-refractivity contribution in [1.29, 1.82) is 0 Å². The van der Waals surface area contributed by atoms with Crippen LogP contribution in [0.25, 0.3) is 11.5 Å². The number of ether oxygens (including phenoxy) is 1. The number of rotatable bonds is 8. The van der Waals surface area contributed by atoms with Gasteiger partial charge in [-0.2, -0.15) is 4.31 Å². The fourth-order valence-electron chi connectivity index (χ4n) is 3.91. The first-order valence-electron chi connectivity index (χ1n) is 11.7. The Bertz CT molecular complexity index is 1460. The second-order valence-electron chi connectivity index (χ2n) is 8.87. The summed E-state index contributed by atoms with van der Waals surface area (Å²) in [5, 5.41) is 9.83. The Kier molecular flexibility index (Phi) is 7.67. The van der Waals surface area contributed by atoms with E-state index in [1.165, 1.54) is 35.7 Å². The van der Waals surface area contributed by atoms with E-state index in [9.17, 15) is 21.6 Å². The minimum atomic E-state index is -3.67. The Morgan fingerprint density at radius 3 is 2.14 bits per heavy atom. The lowest BCUT2D eigenvalue weighted by molar-refractivity contribution is -0.121. The summed E-state index contributed by atoms with van der Waals surface area (Å²) >= 11 is 0. The van der Waals surface area contributed by atoms with Crippen molar-refractivity contribution >= 4 is 31.8 Å². The van der Waals surface area contributed by atoms with Crippen LogP contribution in [0.15, 0.2) is 62.7 Å². The van der Waals surface area contributed by atoms with Crippen LogP contribution in [0.2, 0.25) is 0 Å². The molecule has 2 heterocycles. The third-order valence-electron chi connectivity index (χ3n) is 6.23. The van der Waals surface area contributed by atoms with E-state index in [1.807, 2.05) is 0 Å². The van der Waals surface area contributed by atoms with E-state index < -0.39 is 31.0 Å². The number of hydrogen-bond donors (Lipinski definition) is 1. The summed E-state index contributed by atoms with van der Waals surface area (Å²) in [6.07, 6.45) is 0.683. The van der Waals surface area contributed by atoms with Gasteiger partial charge < -0.3 is 9.15 Å². The summed E-state index contributed by atoms with van der Waals surface area (Å²) in [4.78, 5) is 13.1. The van der Waals surface area contributed by atoms with Crippen LogP contribution in [0, 0.1) is 5.92 Å². The fourth-order valence-corrected chi connectivity index (χ4v) is 6.44. The average Bonchev–Trinajstić information content (AvgIpc) is 3.37. The summed E-state index contributed by atoms with van der Waals surface area (Å²) < 4.78 is 62.4.